The summed E-state index contributed by atoms with van der Waals surface area (Å²) >= 11 is 0. The lowest BCUT2D eigenvalue weighted by molar-refractivity contribution is 0.0361. The Morgan fingerprint density at radius 3 is 2.40 bits per heavy atom. The van der Waals surface area contributed by atoms with Crippen LogP contribution in [0.3, 0.4) is 0 Å². The van der Waals surface area contributed by atoms with Gasteiger partial charge in [-0.05, 0) is 68.6 Å². The highest BCUT2D eigenvalue weighted by atomic mass is 14.8. The Bertz CT molecular complexity index is 296. The number of hydrogen-bond donors (Lipinski definition) is 1. The molecule has 6 unspecified atom stereocenters. The third kappa shape index (κ3) is 3.59. The Kier molecular flexibility index (Phi) is 5.56. The zero-order valence-electron chi connectivity index (χ0n) is 14.3. The zero-order chi connectivity index (χ0) is 14.8. The fourth-order valence-corrected chi connectivity index (χ4v) is 5.21. The fraction of sp³-hybridized carbons (Fsp3) is 1.00. The molecule has 2 aliphatic rings. The van der Waals surface area contributed by atoms with Crippen molar-refractivity contribution in [3.8, 4) is 0 Å². The van der Waals surface area contributed by atoms with E-state index in [0.29, 0.717) is 0 Å². The van der Waals surface area contributed by atoms with E-state index in [-0.39, 0.29) is 5.54 Å². The molecule has 6 atom stereocenters. The summed E-state index contributed by atoms with van der Waals surface area (Å²) in [6.07, 6.45) is 12.5. The lowest BCUT2D eigenvalue weighted by atomic mass is 9.58. The van der Waals surface area contributed by atoms with Gasteiger partial charge >= 0.3 is 0 Å². The number of hydrogen-bond acceptors (Lipinski definition) is 1. The van der Waals surface area contributed by atoms with Crippen LogP contribution in [0.1, 0.15) is 85.5 Å². The van der Waals surface area contributed by atoms with Crippen molar-refractivity contribution < 1.29 is 0 Å². The highest BCUT2D eigenvalue weighted by Crippen LogP contribution is 2.47. The molecule has 2 fully saturated rings. The molecule has 2 aliphatic carbocycles. The standard InChI is InChI=1S/C19H37N/c1-5-16-10-11-18-17(15(16)3)9-7-6-8-14(2)12-13-19(18,4)20/h14-18H,5-13,20H2,1-4H3. The second-order valence-corrected chi connectivity index (χ2v) is 8.31. The van der Waals surface area contributed by atoms with Crippen molar-refractivity contribution in [1.29, 1.82) is 0 Å². The van der Waals surface area contributed by atoms with Crippen molar-refractivity contribution in [3.63, 3.8) is 0 Å². The molecule has 0 aromatic rings. The topological polar surface area (TPSA) is 26.0 Å². The molecule has 1 nitrogen and oxygen atoms in total. The fourth-order valence-electron chi connectivity index (χ4n) is 5.21. The molecule has 0 heterocycles. The molecule has 2 rings (SSSR count). The van der Waals surface area contributed by atoms with Crippen LogP contribution < -0.4 is 5.73 Å². The zero-order valence-corrected chi connectivity index (χ0v) is 14.3. The van der Waals surface area contributed by atoms with E-state index in [1.165, 1.54) is 57.8 Å². The molecule has 0 aliphatic heterocycles. The van der Waals surface area contributed by atoms with Crippen molar-refractivity contribution in [2.24, 2.45) is 35.3 Å². The smallest absolute Gasteiger partial charge is 0.0157 e. The molecule has 20 heavy (non-hydrogen) atoms. The van der Waals surface area contributed by atoms with Crippen LogP contribution in [0, 0.1) is 29.6 Å². The first-order valence-corrected chi connectivity index (χ1v) is 9.24. The van der Waals surface area contributed by atoms with E-state index in [4.69, 9.17) is 5.73 Å². The normalized spacial score (nSPS) is 47.5. The predicted molar refractivity (Wildman–Crippen MR) is 88.6 cm³/mol. The Balaban J connectivity index is 2.15. The minimum Gasteiger partial charge on any atom is -0.325 e. The van der Waals surface area contributed by atoms with Gasteiger partial charge in [-0.15, -0.1) is 0 Å². The minimum absolute atomic E-state index is 0.0727. The first-order valence-electron chi connectivity index (χ1n) is 9.24. The van der Waals surface area contributed by atoms with Crippen LogP contribution in [0.15, 0.2) is 0 Å². The van der Waals surface area contributed by atoms with Gasteiger partial charge in [0.1, 0.15) is 0 Å². The molecule has 2 saturated carbocycles. The van der Waals surface area contributed by atoms with Gasteiger partial charge in [0.05, 0.1) is 0 Å². The van der Waals surface area contributed by atoms with Crippen LogP contribution in [0.25, 0.3) is 0 Å². The second kappa shape index (κ2) is 6.81. The highest BCUT2D eigenvalue weighted by molar-refractivity contribution is 4.97. The molecule has 0 radical (unpaired) electrons. The van der Waals surface area contributed by atoms with Crippen molar-refractivity contribution >= 4 is 0 Å². The molecule has 0 spiro atoms. The predicted octanol–water partition coefficient (Wildman–Crippen LogP) is 5.38. The Labute approximate surface area is 127 Å². The third-order valence-electron chi connectivity index (χ3n) is 6.82. The van der Waals surface area contributed by atoms with Crippen LogP contribution in [0.5, 0.6) is 0 Å². The first-order chi connectivity index (χ1) is 9.45. The van der Waals surface area contributed by atoms with Crippen LogP contribution in [0.2, 0.25) is 0 Å². The van der Waals surface area contributed by atoms with E-state index >= 15 is 0 Å². The Morgan fingerprint density at radius 2 is 1.70 bits per heavy atom. The van der Waals surface area contributed by atoms with Gasteiger partial charge in [0.15, 0.2) is 0 Å². The van der Waals surface area contributed by atoms with Gasteiger partial charge in [-0.1, -0.05) is 46.5 Å². The number of rotatable bonds is 1. The van der Waals surface area contributed by atoms with E-state index in [0.717, 1.165) is 29.6 Å². The molecular weight excluding hydrogens is 242 g/mol. The van der Waals surface area contributed by atoms with Crippen LogP contribution in [-0.4, -0.2) is 5.54 Å². The molecule has 118 valence electrons. The average molecular weight is 280 g/mol. The summed E-state index contributed by atoms with van der Waals surface area (Å²) in [6.45, 7) is 9.68. The van der Waals surface area contributed by atoms with Crippen LogP contribution in [0.4, 0.5) is 0 Å². The molecule has 2 N–H and O–H groups in total. The summed E-state index contributed by atoms with van der Waals surface area (Å²) in [6, 6.07) is 0. The maximum absolute atomic E-state index is 6.83. The van der Waals surface area contributed by atoms with Crippen LogP contribution in [-0.2, 0) is 0 Å². The van der Waals surface area contributed by atoms with Gasteiger partial charge in [-0.2, -0.15) is 0 Å². The lowest BCUT2D eigenvalue weighted by Gasteiger charge is -2.49. The summed E-state index contributed by atoms with van der Waals surface area (Å²) in [5.41, 5.74) is 6.91. The van der Waals surface area contributed by atoms with E-state index in [1.54, 1.807) is 0 Å². The summed E-state index contributed by atoms with van der Waals surface area (Å²) in [5.74, 6) is 4.37. The second-order valence-electron chi connectivity index (χ2n) is 8.31. The molecule has 0 aromatic carbocycles. The van der Waals surface area contributed by atoms with Gasteiger partial charge < -0.3 is 5.73 Å². The van der Waals surface area contributed by atoms with Gasteiger partial charge in [-0.3, -0.25) is 0 Å². The quantitative estimate of drug-likeness (QED) is 0.685. The molecular formula is C19H37N. The van der Waals surface area contributed by atoms with Gasteiger partial charge in [0.2, 0.25) is 0 Å². The van der Waals surface area contributed by atoms with Crippen molar-refractivity contribution in [3.05, 3.63) is 0 Å². The summed E-state index contributed by atoms with van der Waals surface area (Å²) in [5, 5.41) is 0. The van der Waals surface area contributed by atoms with Crippen molar-refractivity contribution in [1.82, 2.24) is 0 Å². The van der Waals surface area contributed by atoms with E-state index in [2.05, 4.69) is 27.7 Å². The molecule has 0 aromatic heterocycles. The van der Waals surface area contributed by atoms with E-state index in [1.807, 2.05) is 0 Å². The first kappa shape index (κ1) is 16.3. The molecule has 0 bridgehead atoms. The van der Waals surface area contributed by atoms with Gasteiger partial charge in [-0.25, -0.2) is 0 Å². The summed E-state index contributed by atoms with van der Waals surface area (Å²) in [7, 11) is 0. The molecule has 1 heteroatoms. The van der Waals surface area contributed by atoms with E-state index < -0.39 is 0 Å². The SMILES string of the molecule is CCC1CCC2C(CCCCC(C)CCC2(C)N)C1C. The van der Waals surface area contributed by atoms with Gasteiger partial charge in [0, 0.05) is 5.54 Å². The third-order valence-corrected chi connectivity index (χ3v) is 6.82. The van der Waals surface area contributed by atoms with Crippen LogP contribution >= 0.6 is 0 Å². The Hall–Kier alpha value is -0.0400. The molecule has 0 amide bonds. The Morgan fingerprint density at radius 1 is 1.00 bits per heavy atom. The highest BCUT2D eigenvalue weighted by Gasteiger charge is 2.43. The average Bonchev–Trinajstić information content (AvgIpc) is 2.41. The maximum atomic E-state index is 6.83. The summed E-state index contributed by atoms with van der Waals surface area (Å²) in [4.78, 5) is 0. The largest absolute Gasteiger partial charge is 0.325 e. The monoisotopic (exact) mass is 279 g/mol. The minimum atomic E-state index is 0.0727. The van der Waals surface area contributed by atoms with Crippen molar-refractivity contribution in [2.45, 2.75) is 91.0 Å². The molecule has 0 saturated heterocycles. The maximum Gasteiger partial charge on any atom is 0.0157 e. The van der Waals surface area contributed by atoms with Crippen molar-refractivity contribution in [2.75, 3.05) is 0 Å². The number of nitrogens with two attached hydrogens (primary N) is 1. The van der Waals surface area contributed by atoms with Gasteiger partial charge in [0.25, 0.3) is 0 Å². The number of fused-ring (bicyclic) bond motifs is 1. The van der Waals surface area contributed by atoms with E-state index in [9.17, 15) is 0 Å². The summed E-state index contributed by atoms with van der Waals surface area (Å²) < 4.78 is 0. The lowest BCUT2D eigenvalue weighted by Crippen LogP contribution is -2.51.